The number of ether oxygens (including phenoxy) is 1. The van der Waals surface area contributed by atoms with Crippen LogP contribution in [0.2, 0.25) is 0 Å². The van der Waals surface area contributed by atoms with Gasteiger partial charge in [0.05, 0.1) is 19.5 Å². The van der Waals surface area contributed by atoms with E-state index in [9.17, 15) is 8.42 Å². The smallest absolute Gasteiger partial charge is 0.264 e. The van der Waals surface area contributed by atoms with Gasteiger partial charge in [-0.2, -0.15) is 8.42 Å². The van der Waals surface area contributed by atoms with Crippen LogP contribution >= 0.6 is 0 Å². The number of nitrogens with zero attached hydrogens (tertiary/aromatic N) is 3. The average molecular weight is 325 g/mol. The Balaban J connectivity index is 2.31. The number of rotatable bonds is 5. The van der Waals surface area contributed by atoms with Crippen molar-refractivity contribution in [1.29, 1.82) is 0 Å². The second-order valence-electron chi connectivity index (χ2n) is 5.39. The summed E-state index contributed by atoms with van der Waals surface area (Å²) in [5.74, 6) is 0.538. The second-order valence-corrected chi connectivity index (χ2v) is 6.99. The summed E-state index contributed by atoms with van der Waals surface area (Å²) in [6.45, 7) is 0. The van der Waals surface area contributed by atoms with E-state index < -0.39 is 16.2 Å². The highest BCUT2D eigenvalue weighted by molar-refractivity contribution is 7.86. The number of hydrogen-bond donors (Lipinski definition) is 0. The molecule has 1 fully saturated rings. The fourth-order valence-electron chi connectivity index (χ4n) is 2.86. The third kappa shape index (κ3) is 4.37. The number of benzene rings is 1. The van der Waals surface area contributed by atoms with Gasteiger partial charge in [0.1, 0.15) is 5.75 Å². The number of methoxy groups -OCH3 is 1. The van der Waals surface area contributed by atoms with Crippen molar-refractivity contribution in [2.24, 2.45) is 5.11 Å². The Kier molecular flexibility index (Phi) is 5.28. The lowest BCUT2D eigenvalue weighted by Crippen LogP contribution is -2.33. The summed E-state index contributed by atoms with van der Waals surface area (Å²) in [5.41, 5.74) is 9.54. The van der Waals surface area contributed by atoms with Crippen LogP contribution in [0.25, 0.3) is 10.4 Å². The van der Waals surface area contributed by atoms with E-state index in [-0.39, 0.29) is 12.0 Å². The third-order valence-electron chi connectivity index (χ3n) is 3.79. The first-order valence-electron chi connectivity index (χ1n) is 6.99. The maximum absolute atomic E-state index is 11.5. The number of azide groups is 1. The summed E-state index contributed by atoms with van der Waals surface area (Å²) in [4.78, 5) is 2.86. The monoisotopic (exact) mass is 325 g/mol. The molecule has 1 aliphatic carbocycles. The van der Waals surface area contributed by atoms with Crippen LogP contribution in [0.1, 0.15) is 30.7 Å². The molecule has 0 heterocycles. The molecule has 0 unspecified atom stereocenters. The minimum Gasteiger partial charge on any atom is -0.497 e. The Labute approximate surface area is 130 Å². The highest BCUT2D eigenvalue weighted by atomic mass is 32.2. The molecule has 2 rings (SSSR count). The highest BCUT2D eigenvalue weighted by Crippen LogP contribution is 2.38. The van der Waals surface area contributed by atoms with E-state index in [0.29, 0.717) is 25.0 Å². The summed E-state index contributed by atoms with van der Waals surface area (Å²) in [5, 5.41) is 3.78. The molecule has 0 amide bonds. The molecule has 120 valence electrons. The molecule has 0 aliphatic heterocycles. The van der Waals surface area contributed by atoms with Gasteiger partial charge in [0.25, 0.3) is 10.1 Å². The van der Waals surface area contributed by atoms with Crippen LogP contribution in [0, 0.1) is 0 Å². The van der Waals surface area contributed by atoms with Crippen LogP contribution in [0.4, 0.5) is 0 Å². The molecule has 0 aromatic heterocycles. The van der Waals surface area contributed by atoms with E-state index in [1.165, 1.54) is 0 Å². The molecule has 7 nitrogen and oxygen atoms in total. The fraction of sp³-hybridized carbons (Fsp3) is 0.571. The summed E-state index contributed by atoms with van der Waals surface area (Å²) < 4.78 is 33.4. The van der Waals surface area contributed by atoms with Gasteiger partial charge in [-0.15, -0.1) is 0 Å². The van der Waals surface area contributed by atoms with Gasteiger partial charge >= 0.3 is 0 Å². The third-order valence-corrected chi connectivity index (χ3v) is 4.39. The molecule has 3 atom stereocenters. The molecule has 0 radical (unpaired) electrons. The molecule has 0 N–H and O–H groups in total. The molecular formula is C14H19N3O4S. The van der Waals surface area contributed by atoms with E-state index in [0.717, 1.165) is 11.8 Å². The molecule has 0 spiro atoms. The molecule has 0 saturated heterocycles. The molecular weight excluding hydrogens is 306 g/mol. The SMILES string of the molecule is COc1cccc([C@@H]2C[C@H](N=[N+]=[N-])CC[C@H]2OS(C)(=O)=O)c1. The van der Waals surface area contributed by atoms with Crippen molar-refractivity contribution >= 4 is 10.1 Å². The molecule has 1 saturated carbocycles. The lowest BCUT2D eigenvalue weighted by atomic mass is 9.79. The van der Waals surface area contributed by atoms with Crippen molar-refractivity contribution in [1.82, 2.24) is 0 Å². The van der Waals surface area contributed by atoms with Crippen LogP contribution in [0.15, 0.2) is 29.4 Å². The van der Waals surface area contributed by atoms with Crippen molar-refractivity contribution in [2.45, 2.75) is 37.3 Å². The van der Waals surface area contributed by atoms with Gasteiger partial charge in [-0.05, 0) is 42.5 Å². The van der Waals surface area contributed by atoms with Crippen LogP contribution in [-0.2, 0) is 14.3 Å². The Morgan fingerprint density at radius 2 is 2.14 bits per heavy atom. The van der Waals surface area contributed by atoms with E-state index in [1.54, 1.807) is 7.11 Å². The van der Waals surface area contributed by atoms with Crippen molar-refractivity contribution in [2.75, 3.05) is 13.4 Å². The van der Waals surface area contributed by atoms with Crippen LogP contribution in [0.5, 0.6) is 5.75 Å². The summed E-state index contributed by atoms with van der Waals surface area (Å²) in [7, 11) is -1.97. The van der Waals surface area contributed by atoms with Gasteiger partial charge < -0.3 is 4.74 Å². The lowest BCUT2D eigenvalue weighted by Gasteiger charge is -2.34. The first-order chi connectivity index (χ1) is 10.4. The highest BCUT2D eigenvalue weighted by Gasteiger charge is 2.34. The van der Waals surface area contributed by atoms with Gasteiger partial charge in [0, 0.05) is 16.9 Å². The zero-order valence-corrected chi connectivity index (χ0v) is 13.4. The van der Waals surface area contributed by atoms with Crippen molar-refractivity contribution in [3.05, 3.63) is 40.3 Å². The normalized spacial score (nSPS) is 25.3. The van der Waals surface area contributed by atoms with Gasteiger partial charge in [-0.3, -0.25) is 4.18 Å². The Morgan fingerprint density at radius 3 is 2.77 bits per heavy atom. The van der Waals surface area contributed by atoms with Crippen LogP contribution in [0.3, 0.4) is 0 Å². The summed E-state index contributed by atoms with van der Waals surface area (Å²) in [6, 6.07) is 7.29. The van der Waals surface area contributed by atoms with Gasteiger partial charge in [-0.1, -0.05) is 17.2 Å². The number of hydrogen-bond acceptors (Lipinski definition) is 5. The van der Waals surface area contributed by atoms with E-state index in [4.69, 9.17) is 14.5 Å². The minimum atomic E-state index is -3.54. The largest absolute Gasteiger partial charge is 0.497 e. The zero-order chi connectivity index (χ0) is 16.2. The van der Waals surface area contributed by atoms with E-state index in [2.05, 4.69) is 10.0 Å². The zero-order valence-electron chi connectivity index (χ0n) is 12.5. The molecule has 1 aliphatic rings. The fourth-order valence-corrected chi connectivity index (χ4v) is 3.54. The minimum absolute atomic E-state index is 0.152. The molecule has 1 aromatic carbocycles. The maximum Gasteiger partial charge on any atom is 0.264 e. The average Bonchev–Trinajstić information content (AvgIpc) is 2.48. The Morgan fingerprint density at radius 1 is 1.36 bits per heavy atom. The topological polar surface area (TPSA) is 101 Å². The van der Waals surface area contributed by atoms with Gasteiger partial charge in [0.2, 0.25) is 0 Å². The first kappa shape index (κ1) is 16.6. The Hall–Kier alpha value is -1.76. The molecule has 1 aromatic rings. The van der Waals surface area contributed by atoms with Gasteiger partial charge in [0.15, 0.2) is 0 Å². The Bertz CT molecular complexity index is 670. The summed E-state index contributed by atoms with van der Waals surface area (Å²) >= 11 is 0. The van der Waals surface area contributed by atoms with Crippen LogP contribution in [-0.4, -0.2) is 33.9 Å². The van der Waals surface area contributed by atoms with Crippen molar-refractivity contribution < 1.29 is 17.3 Å². The predicted octanol–water partition coefficient (Wildman–Crippen LogP) is 2.99. The second kappa shape index (κ2) is 7.00. The van der Waals surface area contributed by atoms with Gasteiger partial charge in [-0.25, -0.2) is 0 Å². The van der Waals surface area contributed by atoms with Crippen molar-refractivity contribution in [3.8, 4) is 5.75 Å². The molecule has 22 heavy (non-hydrogen) atoms. The molecule has 0 bridgehead atoms. The lowest BCUT2D eigenvalue weighted by molar-refractivity contribution is 0.130. The quantitative estimate of drug-likeness (QED) is 0.359. The first-order valence-corrected chi connectivity index (χ1v) is 8.81. The molecule has 8 heteroatoms. The summed E-state index contributed by atoms with van der Waals surface area (Å²) in [6.07, 6.45) is 2.29. The predicted molar refractivity (Wildman–Crippen MR) is 82.2 cm³/mol. The van der Waals surface area contributed by atoms with Crippen molar-refractivity contribution in [3.63, 3.8) is 0 Å². The van der Waals surface area contributed by atoms with Crippen LogP contribution < -0.4 is 4.74 Å². The maximum atomic E-state index is 11.5. The van der Waals surface area contributed by atoms with E-state index >= 15 is 0 Å². The van der Waals surface area contributed by atoms with E-state index in [1.807, 2.05) is 24.3 Å². The standard InChI is InChI=1S/C14H19N3O4S/c1-20-12-5-3-4-10(8-12)13-9-11(16-17-15)6-7-14(13)21-22(2,18)19/h3-5,8,11,13-14H,6-7,9H2,1-2H3/t11-,13+,14-/m1/s1.